The van der Waals surface area contributed by atoms with Gasteiger partial charge in [-0.3, -0.25) is 4.72 Å². The number of hydrogen-bond donors (Lipinski definition) is 2. The van der Waals surface area contributed by atoms with Crippen molar-refractivity contribution in [1.82, 2.24) is 19.5 Å². The molecular weight excluding hydrogens is 553 g/mol. The second-order valence-electron chi connectivity index (χ2n) is 10.3. The van der Waals surface area contributed by atoms with Crippen molar-refractivity contribution in [3.63, 3.8) is 0 Å². The summed E-state index contributed by atoms with van der Waals surface area (Å²) in [6.45, 7) is 0. The Kier molecular flexibility index (Phi) is 8.07. The molecule has 2 aromatic carbocycles. The molecule has 0 saturated heterocycles. The zero-order chi connectivity index (χ0) is 28.4. The zero-order valence-electron chi connectivity index (χ0n) is 22.5. The highest BCUT2D eigenvalue weighted by molar-refractivity contribution is 7.92. The molecular formula is C28H32ClFN7O2S+. The summed E-state index contributed by atoms with van der Waals surface area (Å²) in [5, 5.41) is 3.53. The maximum absolute atomic E-state index is 15.1. The van der Waals surface area contributed by atoms with Gasteiger partial charge in [0.1, 0.15) is 28.5 Å². The third-order valence-electron chi connectivity index (χ3n) is 7.43. The summed E-state index contributed by atoms with van der Waals surface area (Å²) in [5.41, 5.74) is 2.75. The molecule has 1 aliphatic carbocycles. The Morgan fingerprint density at radius 2 is 1.98 bits per heavy atom. The van der Waals surface area contributed by atoms with E-state index in [-0.39, 0.29) is 22.9 Å². The quantitative estimate of drug-likeness (QED) is 0.299. The van der Waals surface area contributed by atoms with E-state index in [4.69, 9.17) is 11.6 Å². The number of likely N-dealkylation sites (N-methyl/N-ethyl adjacent to an activating group) is 1. The van der Waals surface area contributed by atoms with Crippen LogP contribution >= 0.6 is 11.6 Å². The first-order valence-electron chi connectivity index (χ1n) is 13.0. The third kappa shape index (κ3) is 5.96. The molecule has 0 aliphatic heterocycles. The van der Waals surface area contributed by atoms with Crippen molar-refractivity contribution in [2.75, 3.05) is 24.1 Å². The van der Waals surface area contributed by atoms with E-state index in [1.807, 2.05) is 44.3 Å². The standard InChI is InChI=1S/C28H32ClFN7O2S/c1-35(2)26-15-20(19-6-4-7-21(14-19)37-13-5-12-36(37)3)8-9-24(26)33-25-17-23(30)27(16-22(25)29)40(38,39)34-28-10-11-31-18-32-28/h4-7,10-14,16-18,20,24,26,33H,8-9,15H2,1-3H3,(H,31,32,34)/q+1/t20-,24-,26-/m0/s1. The number of halogens is 2. The van der Waals surface area contributed by atoms with E-state index in [1.165, 1.54) is 24.2 Å². The molecule has 2 aromatic heterocycles. The van der Waals surface area contributed by atoms with Crippen molar-refractivity contribution >= 4 is 33.1 Å². The number of sulfonamides is 1. The molecule has 1 fully saturated rings. The average Bonchev–Trinajstić information content (AvgIpc) is 3.36. The first-order chi connectivity index (χ1) is 19.1. The highest BCUT2D eigenvalue weighted by atomic mass is 35.5. The minimum Gasteiger partial charge on any atom is -0.379 e. The molecule has 1 aliphatic rings. The maximum Gasteiger partial charge on any atom is 0.266 e. The molecule has 4 aromatic rings. The normalized spacial score (nSPS) is 19.5. The predicted octanol–water partition coefficient (Wildman–Crippen LogP) is 4.36. The Hall–Kier alpha value is -3.54. The number of hydrogen-bond acceptors (Lipinski definition) is 6. The molecule has 210 valence electrons. The Bertz CT molecular complexity index is 1600. The number of nitrogens with one attached hydrogen (secondary N) is 2. The van der Waals surface area contributed by atoms with Gasteiger partial charge in [0.15, 0.2) is 13.2 Å². The number of benzene rings is 2. The van der Waals surface area contributed by atoms with Crippen molar-refractivity contribution in [3.05, 3.63) is 89.9 Å². The second kappa shape index (κ2) is 11.5. The van der Waals surface area contributed by atoms with Crippen molar-refractivity contribution in [3.8, 4) is 5.69 Å². The van der Waals surface area contributed by atoms with Gasteiger partial charge in [0.05, 0.1) is 16.9 Å². The average molecular weight is 585 g/mol. The fourth-order valence-corrected chi connectivity index (χ4v) is 6.77. The Morgan fingerprint density at radius 3 is 2.67 bits per heavy atom. The van der Waals surface area contributed by atoms with E-state index in [1.54, 1.807) is 0 Å². The van der Waals surface area contributed by atoms with Crippen LogP contribution in [-0.4, -0.2) is 54.1 Å². The first-order valence-corrected chi connectivity index (χ1v) is 14.8. The van der Waals surface area contributed by atoms with Crippen molar-refractivity contribution in [2.45, 2.75) is 42.2 Å². The molecule has 3 atom stereocenters. The molecule has 2 N–H and O–H groups in total. The molecule has 40 heavy (non-hydrogen) atoms. The Labute approximate surface area is 238 Å². The monoisotopic (exact) mass is 584 g/mol. The number of aromatic nitrogens is 4. The van der Waals surface area contributed by atoms with Crippen molar-refractivity contribution in [2.24, 2.45) is 7.05 Å². The van der Waals surface area contributed by atoms with Crippen LogP contribution in [0, 0.1) is 5.82 Å². The van der Waals surface area contributed by atoms with E-state index in [9.17, 15) is 8.42 Å². The number of nitrogens with zero attached hydrogens (tertiary/aromatic N) is 5. The van der Waals surface area contributed by atoms with E-state index < -0.39 is 20.7 Å². The van der Waals surface area contributed by atoms with Crippen LogP contribution in [0.5, 0.6) is 0 Å². The fraction of sp³-hybridized carbons (Fsp3) is 0.321. The van der Waals surface area contributed by atoms with Crippen LogP contribution in [0.1, 0.15) is 30.7 Å². The lowest BCUT2D eigenvalue weighted by molar-refractivity contribution is -0.744. The van der Waals surface area contributed by atoms with Crippen LogP contribution in [0.4, 0.5) is 15.9 Å². The summed E-state index contributed by atoms with van der Waals surface area (Å²) in [5.74, 6) is -0.511. The highest BCUT2D eigenvalue weighted by Gasteiger charge is 2.33. The highest BCUT2D eigenvalue weighted by Crippen LogP contribution is 2.38. The molecule has 0 spiro atoms. The second-order valence-corrected chi connectivity index (χ2v) is 12.3. The van der Waals surface area contributed by atoms with Crippen LogP contribution < -0.4 is 14.7 Å². The number of aryl methyl sites for hydroxylation is 1. The fourth-order valence-electron chi connectivity index (χ4n) is 5.39. The van der Waals surface area contributed by atoms with Crippen LogP contribution in [-0.2, 0) is 17.1 Å². The lowest BCUT2D eigenvalue weighted by Gasteiger charge is -2.41. The molecule has 1 saturated carbocycles. The lowest BCUT2D eigenvalue weighted by atomic mass is 9.78. The van der Waals surface area contributed by atoms with Crippen LogP contribution in [0.25, 0.3) is 5.69 Å². The van der Waals surface area contributed by atoms with E-state index >= 15 is 4.39 Å². The molecule has 12 heteroatoms. The molecule has 0 radical (unpaired) electrons. The maximum atomic E-state index is 15.1. The van der Waals surface area contributed by atoms with Gasteiger partial charge in [0.25, 0.3) is 10.0 Å². The van der Waals surface area contributed by atoms with Gasteiger partial charge in [-0.1, -0.05) is 23.7 Å². The van der Waals surface area contributed by atoms with Crippen LogP contribution in [0.2, 0.25) is 5.02 Å². The van der Waals surface area contributed by atoms with Gasteiger partial charge in [-0.15, -0.1) is 9.36 Å². The number of anilines is 2. The summed E-state index contributed by atoms with van der Waals surface area (Å²) in [4.78, 5) is 9.21. The van der Waals surface area contributed by atoms with Crippen LogP contribution in [0.3, 0.4) is 0 Å². The minimum absolute atomic E-state index is 0.00446. The molecule has 9 nitrogen and oxygen atoms in total. The Balaban J connectivity index is 1.33. The minimum atomic E-state index is -4.24. The summed E-state index contributed by atoms with van der Waals surface area (Å²) < 4.78 is 47.1. The van der Waals surface area contributed by atoms with E-state index in [0.29, 0.717) is 11.6 Å². The largest absolute Gasteiger partial charge is 0.379 e. The lowest BCUT2D eigenvalue weighted by Crippen LogP contribution is -2.47. The van der Waals surface area contributed by atoms with Crippen LogP contribution in [0.15, 0.2) is 78.3 Å². The Morgan fingerprint density at radius 1 is 1.15 bits per heavy atom. The van der Waals surface area contributed by atoms with Gasteiger partial charge in [-0.2, -0.15) is 0 Å². The first kappa shape index (κ1) is 28.0. The molecule has 0 bridgehead atoms. The SMILES string of the molecule is CN(C)[C@H]1C[C@@H](c2cccc(-n3ccc[n+]3C)c2)CC[C@@H]1Nc1cc(F)c(S(=O)(=O)Nc2ccncn2)cc1Cl. The zero-order valence-corrected chi connectivity index (χ0v) is 24.1. The number of rotatable bonds is 8. The van der Waals surface area contributed by atoms with Gasteiger partial charge in [-0.05, 0) is 75.2 Å². The molecule has 5 rings (SSSR count). The van der Waals surface area contributed by atoms with Crippen molar-refractivity contribution in [1.29, 1.82) is 0 Å². The van der Waals surface area contributed by atoms with Gasteiger partial charge in [0.2, 0.25) is 0 Å². The summed E-state index contributed by atoms with van der Waals surface area (Å²) in [6, 6.07) is 14.4. The molecule has 0 amide bonds. The predicted molar refractivity (Wildman–Crippen MR) is 153 cm³/mol. The summed E-state index contributed by atoms with van der Waals surface area (Å²) >= 11 is 6.50. The van der Waals surface area contributed by atoms with Crippen molar-refractivity contribution < 1.29 is 17.5 Å². The third-order valence-corrected chi connectivity index (χ3v) is 9.11. The summed E-state index contributed by atoms with van der Waals surface area (Å²) in [7, 11) is 1.84. The van der Waals surface area contributed by atoms with E-state index in [0.717, 1.165) is 37.1 Å². The van der Waals surface area contributed by atoms with Gasteiger partial charge in [0, 0.05) is 24.3 Å². The summed E-state index contributed by atoms with van der Waals surface area (Å²) in [6.07, 6.45) is 9.31. The molecule has 0 unspecified atom stereocenters. The molecule has 2 heterocycles. The van der Waals surface area contributed by atoms with E-state index in [2.05, 4.69) is 53.9 Å². The smallest absolute Gasteiger partial charge is 0.266 e. The topological polar surface area (TPSA) is 96.0 Å². The van der Waals surface area contributed by atoms with Gasteiger partial charge >= 0.3 is 0 Å². The van der Waals surface area contributed by atoms with Gasteiger partial charge < -0.3 is 10.2 Å². The van der Waals surface area contributed by atoms with Gasteiger partial charge in [-0.25, -0.2) is 22.8 Å².